The molecule has 0 atom stereocenters. The molecule has 0 bridgehead atoms. The first-order chi connectivity index (χ1) is 3.63. The van der Waals surface area contributed by atoms with Crippen LogP contribution in [0.1, 0.15) is 20.3 Å². The van der Waals surface area contributed by atoms with E-state index in [1.807, 2.05) is 0 Å². The third-order valence-corrected chi connectivity index (χ3v) is 1.15. The summed E-state index contributed by atoms with van der Waals surface area (Å²) >= 11 is 0. The molecule has 0 aliphatic heterocycles. The van der Waals surface area contributed by atoms with E-state index in [9.17, 15) is 0 Å². The van der Waals surface area contributed by atoms with Crippen LogP contribution in [-0.2, 0) is 0 Å². The van der Waals surface area contributed by atoms with Gasteiger partial charge in [0.2, 0.25) is 0 Å². The van der Waals surface area contributed by atoms with E-state index in [1.165, 1.54) is 13.0 Å². The lowest BCUT2D eigenvalue weighted by molar-refractivity contribution is 0.369. The summed E-state index contributed by atoms with van der Waals surface area (Å²) in [5, 5.41) is 0. The van der Waals surface area contributed by atoms with Crippen LogP contribution in [-0.4, -0.2) is 25.5 Å². The van der Waals surface area contributed by atoms with Gasteiger partial charge in [-0.3, -0.25) is 0 Å². The summed E-state index contributed by atoms with van der Waals surface area (Å²) in [4.78, 5) is 2.22. The van der Waals surface area contributed by atoms with E-state index in [0.717, 1.165) is 5.92 Å². The smallest absolute Gasteiger partial charge is 0.00224 e. The Bertz CT molecular complexity index is 44.9. The molecule has 0 amide bonds. The van der Waals surface area contributed by atoms with Gasteiger partial charge in [-0.2, -0.15) is 0 Å². The van der Waals surface area contributed by atoms with Crippen molar-refractivity contribution in [2.75, 3.05) is 20.6 Å². The van der Waals surface area contributed by atoms with Gasteiger partial charge in [-0.15, -0.1) is 24.0 Å². The Balaban J connectivity index is 0. The zero-order valence-electron chi connectivity index (χ0n) is 6.85. The van der Waals surface area contributed by atoms with Crippen LogP contribution in [0.3, 0.4) is 0 Å². The summed E-state index contributed by atoms with van der Waals surface area (Å²) in [5.41, 5.74) is 0. The molecule has 0 spiro atoms. The molecule has 0 fully saturated rings. The van der Waals surface area contributed by atoms with Gasteiger partial charge in [-0.1, -0.05) is 13.8 Å². The molecular formula is C7H18IN. The van der Waals surface area contributed by atoms with E-state index < -0.39 is 0 Å². The largest absolute Gasteiger partial charge is 0.309 e. The predicted molar refractivity (Wildman–Crippen MR) is 53.4 cm³/mol. The second kappa shape index (κ2) is 6.81. The van der Waals surface area contributed by atoms with Crippen LogP contribution in [0.25, 0.3) is 0 Å². The van der Waals surface area contributed by atoms with Crippen LogP contribution in [0.5, 0.6) is 0 Å². The lowest BCUT2D eigenvalue weighted by Gasteiger charge is -2.10. The Morgan fingerprint density at radius 1 is 1.22 bits per heavy atom. The molecule has 2 heteroatoms. The van der Waals surface area contributed by atoms with Gasteiger partial charge in [0.1, 0.15) is 0 Å². The van der Waals surface area contributed by atoms with Crippen molar-refractivity contribution in [3.05, 3.63) is 0 Å². The van der Waals surface area contributed by atoms with Crippen molar-refractivity contribution in [2.45, 2.75) is 20.3 Å². The Morgan fingerprint density at radius 2 is 1.67 bits per heavy atom. The summed E-state index contributed by atoms with van der Waals surface area (Å²) in [6, 6.07) is 0. The first-order valence-electron chi connectivity index (χ1n) is 3.27. The average molecular weight is 243 g/mol. The van der Waals surface area contributed by atoms with Crippen LogP contribution in [0.2, 0.25) is 0 Å². The molecule has 0 aromatic rings. The Kier molecular flexibility index (Phi) is 9.36. The molecule has 0 aromatic carbocycles. The molecule has 0 saturated heterocycles. The molecule has 0 aliphatic rings. The van der Waals surface area contributed by atoms with E-state index in [-0.39, 0.29) is 24.0 Å². The van der Waals surface area contributed by atoms with E-state index in [4.69, 9.17) is 0 Å². The third-order valence-electron chi connectivity index (χ3n) is 1.15. The molecule has 1 nitrogen and oxygen atoms in total. The molecule has 0 heterocycles. The van der Waals surface area contributed by atoms with Gasteiger partial charge >= 0.3 is 0 Å². The van der Waals surface area contributed by atoms with Crippen LogP contribution in [0, 0.1) is 5.92 Å². The van der Waals surface area contributed by atoms with E-state index in [2.05, 4.69) is 32.8 Å². The number of rotatable bonds is 3. The molecule has 0 saturated carbocycles. The maximum atomic E-state index is 2.25. The van der Waals surface area contributed by atoms with Crippen molar-refractivity contribution in [2.24, 2.45) is 5.92 Å². The number of halogens is 1. The highest BCUT2D eigenvalue weighted by Gasteiger charge is 1.93. The van der Waals surface area contributed by atoms with Gasteiger partial charge in [0.25, 0.3) is 0 Å². The monoisotopic (exact) mass is 243 g/mol. The lowest BCUT2D eigenvalue weighted by Crippen LogP contribution is -2.14. The SMILES string of the molecule is CC(C)CCN(C)C.I. The van der Waals surface area contributed by atoms with Crippen molar-refractivity contribution >= 4 is 24.0 Å². The summed E-state index contributed by atoms with van der Waals surface area (Å²) in [6.45, 7) is 5.73. The average Bonchev–Trinajstić information content (AvgIpc) is 1.61. The molecule has 9 heavy (non-hydrogen) atoms. The molecule has 0 rings (SSSR count). The standard InChI is InChI=1S/C7H17N.HI/c1-7(2)5-6-8(3)4;/h7H,5-6H2,1-4H3;1H. The molecule has 0 radical (unpaired) electrons. The Labute approximate surface area is 75.8 Å². The fourth-order valence-corrected chi connectivity index (χ4v) is 0.516. The maximum absolute atomic E-state index is 2.25. The highest BCUT2D eigenvalue weighted by Crippen LogP contribution is 1.98. The fourth-order valence-electron chi connectivity index (χ4n) is 0.516. The number of hydrogen-bond donors (Lipinski definition) is 0. The second-order valence-electron chi connectivity index (χ2n) is 2.99. The van der Waals surface area contributed by atoms with E-state index in [0.29, 0.717) is 0 Å². The first kappa shape index (κ1) is 12.4. The lowest BCUT2D eigenvalue weighted by atomic mass is 10.1. The normalized spacial score (nSPS) is 10.0. The van der Waals surface area contributed by atoms with Crippen molar-refractivity contribution in [1.29, 1.82) is 0 Å². The highest BCUT2D eigenvalue weighted by molar-refractivity contribution is 14.0. The molecule has 0 unspecified atom stereocenters. The van der Waals surface area contributed by atoms with Gasteiger partial charge < -0.3 is 4.90 Å². The van der Waals surface area contributed by atoms with Gasteiger partial charge in [0, 0.05) is 0 Å². The summed E-state index contributed by atoms with van der Waals surface area (Å²) in [5.74, 6) is 0.845. The summed E-state index contributed by atoms with van der Waals surface area (Å²) < 4.78 is 0. The molecule has 0 aliphatic carbocycles. The minimum absolute atomic E-state index is 0. The van der Waals surface area contributed by atoms with Crippen LogP contribution in [0.15, 0.2) is 0 Å². The van der Waals surface area contributed by atoms with Crippen LogP contribution >= 0.6 is 24.0 Å². The van der Waals surface area contributed by atoms with Gasteiger partial charge in [-0.25, -0.2) is 0 Å². The maximum Gasteiger partial charge on any atom is -0.00224 e. The minimum atomic E-state index is 0. The predicted octanol–water partition coefficient (Wildman–Crippen LogP) is 2.21. The van der Waals surface area contributed by atoms with Crippen LogP contribution in [0.4, 0.5) is 0 Å². The molecule has 0 aromatic heterocycles. The van der Waals surface area contributed by atoms with Gasteiger partial charge in [-0.05, 0) is 33.0 Å². The van der Waals surface area contributed by atoms with Crippen molar-refractivity contribution in [1.82, 2.24) is 4.90 Å². The minimum Gasteiger partial charge on any atom is -0.309 e. The Hall–Kier alpha value is 0.690. The summed E-state index contributed by atoms with van der Waals surface area (Å²) in [6.07, 6.45) is 1.31. The molecule has 58 valence electrons. The zero-order valence-corrected chi connectivity index (χ0v) is 9.18. The number of nitrogens with zero attached hydrogens (tertiary/aromatic N) is 1. The highest BCUT2D eigenvalue weighted by atomic mass is 127. The topological polar surface area (TPSA) is 3.24 Å². The van der Waals surface area contributed by atoms with Gasteiger partial charge in [0.15, 0.2) is 0 Å². The first-order valence-corrected chi connectivity index (χ1v) is 3.27. The number of hydrogen-bond acceptors (Lipinski definition) is 1. The fraction of sp³-hybridized carbons (Fsp3) is 1.00. The second-order valence-corrected chi connectivity index (χ2v) is 2.99. The molecular weight excluding hydrogens is 225 g/mol. The third kappa shape index (κ3) is 12.0. The quantitative estimate of drug-likeness (QED) is 0.687. The summed E-state index contributed by atoms with van der Waals surface area (Å²) in [7, 11) is 4.23. The molecule has 0 N–H and O–H groups in total. The Morgan fingerprint density at radius 3 is 1.78 bits per heavy atom. The van der Waals surface area contributed by atoms with Crippen molar-refractivity contribution in [3.8, 4) is 0 Å². The van der Waals surface area contributed by atoms with E-state index in [1.54, 1.807) is 0 Å². The van der Waals surface area contributed by atoms with Crippen molar-refractivity contribution in [3.63, 3.8) is 0 Å². The van der Waals surface area contributed by atoms with Gasteiger partial charge in [0.05, 0.1) is 0 Å². The van der Waals surface area contributed by atoms with Crippen molar-refractivity contribution < 1.29 is 0 Å². The zero-order chi connectivity index (χ0) is 6.57. The van der Waals surface area contributed by atoms with Crippen LogP contribution < -0.4 is 0 Å². The van der Waals surface area contributed by atoms with E-state index >= 15 is 0 Å².